The number of hydrogen-bond donors (Lipinski definition) is 0. The molecule has 2 rings (SSSR count). The zero-order chi connectivity index (χ0) is 17.0. The smallest absolute Gasteiger partial charge is 0.411 e. The lowest BCUT2D eigenvalue weighted by atomic mass is 10.1. The lowest BCUT2D eigenvalue weighted by molar-refractivity contribution is -0.160. The molecule has 2 atom stereocenters. The Morgan fingerprint density at radius 1 is 1.17 bits per heavy atom. The van der Waals surface area contributed by atoms with Gasteiger partial charge in [-0.3, -0.25) is 4.90 Å². The molecule has 1 aliphatic rings. The Morgan fingerprint density at radius 2 is 1.83 bits per heavy atom. The minimum absolute atomic E-state index is 0.0317. The highest BCUT2D eigenvalue weighted by Crippen LogP contribution is 2.27. The summed E-state index contributed by atoms with van der Waals surface area (Å²) in [7, 11) is 0. The van der Waals surface area contributed by atoms with E-state index in [0.29, 0.717) is 6.42 Å². The van der Waals surface area contributed by atoms with Crippen molar-refractivity contribution in [3.63, 3.8) is 0 Å². The summed E-state index contributed by atoms with van der Waals surface area (Å²) in [5.74, 6) is -0.362. The number of benzene rings is 1. The van der Waals surface area contributed by atoms with Gasteiger partial charge in [0, 0.05) is 6.04 Å². The molecule has 0 bridgehead atoms. The second kappa shape index (κ2) is 7.02. The minimum atomic E-state index is -0.567. The number of nitrogens with zero attached hydrogens (tertiary/aromatic N) is 1. The van der Waals surface area contributed by atoms with Gasteiger partial charge < -0.3 is 9.47 Å². The average molecular weight is 319 g/mol. The molecule has 1 aromatic rings. The van der Waals surface area contributed by atoms with Gasteiger partial charge in [-0.2, -0.15) is 0 Å². The van der Waals surface area contributed by atoms with Crippen LogP contribution in [0.1, 0.15) is 46.1 Å². The van der Waals surface area contributed by atoms with Gasteiger partial charge in [0.1, 0.15) is 18.2 Å². The van der Waals surface area contributed by atoms with E-state index in [0.717, 1.165) is 12.0 Å². The molecule has 1 saturated heterocycles. The molecule has 126 valence electrons. The first kappa shape index (κ1) is 17.3. The highest BCUT2D eigenvalue weighted by molar-refractivity contribution is 5.82. The van der Waals surface area contributed by atoms with E-state index in [2.05, 4.69) is 0 Å². The first-order chi connectivity index (χ1) is 10.8. The van der Waals surface area contributed by atoms with E-state index < -0.39 is 17.7 Å². The fraction of sp³-hybridized carbons (Fsp3) is 0.556. The Hall–Kier alpha value is -2.04. The third kappa shape index (κ3) is 4.71. The van der Waals surface area contributed by atoms with Crippen molar-refractivity contribution in [2.24, 2.45) is 0 Å². The van der Waals surface area contributed by atoms with Crippen molar-refractivity contribution in [2.75, 3.05) is 0 Å². The van der Waals surface area contributed by atoms with Crippen LogP contribution in [0, 0.1) is 0 Å². The summed E-state index contributed by atoms with van der Waals surface area (Å²) in [5, 5.41) is 0. The van der Waals surface area contributed by atoms with Crippen LogP contribution in [0.25, 0.3) is 0 Å². The second-order valence-corrected chi connectivity index (χ2v) is 6.92. The molecule has 1 aliphatic heterocycles. The lowest BCUT2D eigenvalue weighted by Gasteiger charge is -2.29. The molecule has 1 amide bonds. The fourth-order valence-corrected chi connectivity index (χ4v) is 2.69. The number of likely N-dealkylation sites (tertiary alicyclic amines) is 1. The summed E-state index contributed by atoms with van der Waals surface area (Å²) < 4.78 is 10.8. The van der Waals surface area contributed by atoms with Gasteiger partial charge in [-0.05, 0) is 46.1 Å². The first-order valence-corrected chi connectivity index (χ1v) is 8.00. The molecule has 0 unspecified atom stereocenters. The van der Waals surface area contributed by atoms with E-state index in [1.807, 2.05) is 58.0 Å². The standard InChI is InChI=1S/C18H25NO4/c1-13-10-11-15(16(20)23-18(2,3)4)19(13)17(21)22-12-14-8-6-5-7-9-14/h5-9,13,15H,10-12H2,1-4H3/t13-,15+/m1/s1. The topological polar surface area (TPSA) is 55.8 Å². The van der Waals surface area contributed by atoms with Gasteiger partial charge in [-0.15, -0.1) is 0 Å². The number of ether oxygens (including phenoxy) is 2. The van der Waals surface area contributed by atoms with E-state index in [1.165, 1.54) is 4.90 Å². The Morgan fingerprint density at radius 3 is 2.43 bits per heavy atom. The summed E-state index contributed by atoms with van der Waals surface area (Å²) in [5.41, 5.74) is 0.351. The Bertz CT molecular complexity index is 550. The van der Waals surface area contributed by atoms with Gasteiger partial charge in [-0.1, -0.05) is 30.3 Å². The summed E-state index contributed by atoms with van der Waals surface area (Å²) >= 11 is 0. The van der Waals surface area contributed by atoms with Gasteiger partial charge in [0.15, 0.2) is 0 Å². The molecule has 5 nitrogen and oxygen atoms in total. The van der Waals surface area contributed by atoms with Crippen LogP contribution in [0.15, 0.2) is 30.3 Å². The van der Waals surface area contributed by atoms with E-state index >= 15 is 0 Å². The first-order valence-electron chi connectivity index (χ1n) is 8.00. The molecule has 0 radical (unpaired) electrons. The van der Waals surface area contributed by atoms with Crippen LogP contribution < -0.4 is 0 Å². The van der Waals surface area contributed by atoms with Crippen molar-refractivity contribution in [2.45, 2.75) is 64.8 Å². The largest absolute Gasteiger partial charge is 0.458 e. The zero-order valence-corrected chi connectivity index (χ0v) is 14.2. The molecule has 1 fully saturated rings. The summed E-state index contributed by atoms with van der Waals surface area (Å²) in [4.78, 5) is 26.2. The molecule has 23 heavy (non-hydrogen) atoms. The van der Waals surface area contributed by atoms with Gasteiger partial charge >= 0.3 is 12.1 Å². The van der Waals surface area contributed by atoms with Crippen LogP contribution in [0.4, 0.5) is 4.79 Å². The van der Waals surface area contributed by atoms with Gasteiger partial charge in [0.05, 0.1) is 0 Å². The molecule has 0 aromatic heterocycles. The Labute approximate surface area is 137 Å². The monoisotopic (exact) mass is 319 g/mol. The number of rotatable bonds is 3. The molecule has 0 saturated carbocycles. The molecule has 0 N–H and O–H groups in total. The van der Waals surface area contributed by atoms with Crippen molar-refractivity contribution in [3.05, 3.63) is 35.9 Å². The maximum Gasteiger partial charge on any atom is 0.411 e. The van der Waals surface area contributed by atoms with Crippen LogP contribution in [0.3, 0.4) is 0 Å². The van der Waals surface area contributed by atoms with Gasteiger partial charge in [0.25, 0.3) is 0 Å². The third-order valence-electron chi connectivity index (χ3n) is 3.76. The molecule has 0 aliphatic carbocycles. The summed E-state index contributed by atoms with van der Waals surface area (Å²) in [6.45, 7) is 7.59. The van der Waals surface area contributed by atoms with Crippen molar-refractivity contribution in [1.29, 1.82) is 0 Å². The SMILES string of the molecule is C[C@@H]1CC[C@@H](C(=O)OC(C)(C)C)N1C(=O)OCc1ccccc1. The molecule has 0 spiro atoms. The molecule has 1 heterocycles. The highest BCUT2D eigenvalue weighted by atomic mass is 16.6. The average Bonchev–Trinajstić information content (AvgIpc) is 2.86. The van der Waals surface area contributed by atoms with Crippen LogP contribution in [0.2, 0.25) is 0 Å². The quantitative estimate of drug-likeness (QED) is 0.800. The lowest BCUT2D eigenvalue weighted by Crippen LogP contribution is -2.46. The number of esters is 1. The van der Waals surface area contributed by atoms with Crippen molar-refractivity contribution in [3.8, 4) is 0 Å². The fourth-order valence-electron chi connectivity index (χ4n) is 2.69. The summed E-state index contributed by atoms with van der Waals surface area (Å²) in [6, 6.07) is 8.89. The second-order valence-electron chi connectivity index (χ2n) is 6.92. The van der Waals surface area contributed by atoms with E-state index in [-0.39, 0.29) is 18.6 Å². The zero-order valence-electron chi connectivity index (χ0n) is 14.2. The Balaban J connectivity index is 1.99. The molecule has 1 aromatic carbocycles. The van der Waals surface area contributed by atoms with Crippen molar-refractivity contribution < 1.29 is 19.1 Å². The van der Waals surface area contributed by atoms with E-state index in [9.17, 15) is 9.59 Å². The summed E-state index contributed by atoms with van der Waals surface area (Å²) in [6.07, 6.45) is 0.913. The maximum atomic E-state index is 12.4. The van der Waals surface area contributed by atoms with Crippen LogP contribution >= 0.6 is 0 Å². The van der Waals surface area contributed by atoms with Crippen LogP contribution in [-0.4, -0.2) is 34.6 Å². The van der Waals surface area contributed by atoms with E-state index in [4.69, 9.17) is 9.47 Å². The minimum Gasteiger partial charge on any atom is -0.458 e. The predicted octanol–water partition coefficient (Wildman–Crippen LogP) is 3.52. The number of carbonyl (C=O) groups is 2. The third-order valence-corrected chi connectivity index (χ3v) is 3.76. The molecular formula is C18H25NO4. The van der Waals surface area contributed by atoms with Crippen LogP contribution in [0.5, 0.6) is 0 Å². The maximum absolute atomic E-state index is 12.4. The highest BCUT2D eigenvalue weighted by Gasteiger charge is 2.41. The van der Waals surface area contributed by atoms with Gasteiger partial charge in [-0.25, -0.2) is 9.59 Å². The normalized spacial score (nSPS) is 21.1. The van der Waals surface area contributed by atoms with Crippen molar-refractivity contribution >= 4 is 12.1 Å². The number of carbonyl (C=O) groups excluding carboxylic acids is 2. The van der Waals surface area contributed by atoms with E-state index in [1.54, 1.807) is 0 Å². The van der Waals surface area contributed by atoms with Gasteiger partial charge in [0.2, 0.25) is 0 Å². The van der Waals surface area contributed by atoms with Crippen molar-refractivity contribution in [1.82, 2.24) is 4.90 Å². The molecule has 5 heteroatoms. The van der Waals surface area contributed by atoms with Crippen LogP contribution in [-0.2, 0) is 20.9 Å². The number of hydrogen-bond acceptors (Lipinski definition) is 4. The number of amides is 1. The Kier molecular flexibility index (Phi) is 5.29. The molecular weight excluding hydrogens is 294 g/mol. The predicted molar refractivity (Wildman–Crippen MR) is 86.8 cm³/mol.